The van der Waals surface area contributed by atoms with Crippen LogP contribution in [0.4, 0.5) is 0 Å². The Hall–Kier alpha value is -3.63. The number of aromatic hydroxyl groups is 1. The molecule has 4 heteroatoms. The highest BCUT2D eigenvalue weighted by Crippen LogP contribution is 2.33. The number of fused-ring (bicyclic) bond motifs is 1. The summed E-state index contributed by atoms with van der Waals surface area (Å²) in [5.41, 5.74) is 3.04. The summed E-state index contributed by atoms with van der Waals surface area (Å²) in [5, 5.41) is 11.7. The maximum absolute atomic E-state index is 13.8. The number of phenolic OH excluding ortho intramolecular Hbond substituents is 1. The van der Waals surface area contributed by atoms with Gasteiger partial charge in [-0.3, -0.25) is 9.69 Å². The van der Waals surface area contributed by atoms with Crippen LogP contribution in [0.25, 0.3) is 21.9 Å². The molecule has 0 bridgehead atoms. The zero-order chi connectivity index (χ0) is 24.0. The number of hydrogen-bond acceptors (Lipinski definition) is 4. The lowest BCUT2D eigenvalue weighted by Crippen LogP contribution is -2.29. The van der Waals surface area contributed by atoms with Crippen molar-refractivity contribution in [3.8, 4) is 22.6 Å². The quantitative estimate of drug-likeness (QED) is 0.309. The number of likely N-dealkylation sites (tertiary alicyclic amines) is 1. The fourth-order valence-corrected chi connectivity index (χ4v) is 4.90. The lowest BCUT2D eigenvalue weighted by molar-refractivity contribution is 0.104. The highest BCUT2D eigenvalue weighted by Gasteiger charge is 2.19. The Morgan fingerprint density at radius 2 is 1.51 bits per heavy atom. The molecule has 1 N–H and O–H groups in total. The molecule has 0 saturated carbocycles. The minimum Gasteiger partial charge on any atom is -0.508 e. The van der Waals surface area contributed by atoms with E-state index in [0.29, 0.717) is 17.7 Å². The van der Waals surface area contributed by atoms with Gasteiger partial charge in [-0.05, 0) is 84.2 Å². The Morgan fingerprint density at radius 1 is 0.800 bits per heavy atom. The van der Waals surface area contributed by atoms with Crippen LogP contribution in [0.5, 0.6) is 11.5 Å². The summed E-state index contributed by atoms with van der Waals surface area (Å²) in [7, 11) is 0. The third-order valence-corrected chi connectivity index (χ3v) is 6.83. The fourth-order valence-electron chi connectivity index (χ4n) is 4.90. The predicted octanol–water partition coefficient (Wildman–Crippen LogP) is 6.70. The second-order valence-corrected chi connectivity index (χ2v) is 9.21. The van der Waals surface area contributed by atoms with Crippen LogP contribution < -0.4 is 4.74 Å². The first kappa shape index (κ1) is 23.1. The molecule has 0 atom stereocenters. The number of phenols is 1. The van der Waals surface area contributed by atoms with Crippen molar-refractivity contribution in [2.45, 2.75) is 25.7 Å². The first-order valence-corrected chi connectivity index (χ1v) is 12.5. The highest BCUT2D eigenvalue weighted by atomic mass is 16.5. The van der Waals surface area contributed by atoms with E-state index in [2.05, 4.69) is 4.90 Å². The molecule has 0 radical (unpaired) electrons. The SMILES string of the molecule is O=C(c1ccc(OCCN2CCCCCC2)cc1)c1c(-c2ccc(O)cc2)ccc2ccccc12. The molecule has 35 heavy (non-hydrogen) atoms. The molecule has 4 aromatic carbocycles. The van der Waals surface area contributed by atoms with Crippen molar-refractivity contribution in [2.75, 3.05) is 26.2 Å². The van der Waals surface area contributed by atoms with Crippen LogP contribution in [0, 0.1) is 0 Å². The summed E-state index contributed by atoms with van der Waals surface area (Å²) in [6, 6.07) is 26.5. The Labute approximate surface area is 206 Å². The van der Waals surface area contributed by atoms with E-state index in [-0.39, 0.29) is 11.5 Å². The van der Waals surface area contributed by atoms with Crippen molar-refractivity contribution in [1.29, 1.82) is 0 Å². The molecule has 1 fully saturated rings. The van der Waals surface area contributed by atoms with Gasteiger partial charge in [0.2, 0.25) is 0 Å². The van der Waals surface area contributed by atoms with Crippen LogP contribution in [0.1, 0.15) is 41.6 Å². The Balaban J connectivity index is 1.37. The molecule has 0 amide bonds. The molecule has 1 aliphatic rings. The zero-order valence-electron chi connectivity index (χ0n) is 20.0. The van der Waals surface area contributed by atoms with Gasteiger partial charge in [0, 0.05) is 17.7 Å². The van der Waals surface area contributed by atoms with E-state index >= 15 is 0 Å². The standard InChI is InChI=1S/C31H31NO3/c33-26-14-9-24(10-15-26)29-18-13-23-7-3-4-8-28(23)30(29)31(34)25-11-16-27(17-12-25)35-22-21-32-19-5-1-2-6-20-32/h3-4,7-18,33H,1-2,5-6,19-22H2. The number of nitrogens with zero attached hydrogens (tertiary/aromatic N) is 1. The molecule has 1 heterocycles. The van der Waals surface area contributed by atoms with Crippen molar-refractivity contribution in [3.63, 3.8) is 0 Å². The van der Waals surface area contributed by atoms with Crippen LogP contribution in [-0.4, -0.2) is 42.0 Å². The lowest BCUT2D eigenvalue weighted by Gasteiger charge is -2.19. The number of ether oxygens (including phenoxy) is 1. The Kier molecular flexibility index (Phi) is 7.10. The zero-order valence-corrected chi connectivity index (χ0v) is 20.0. The van der Waals surface area contributed by atoms with Crippen molar-refractivity contribution in [3.05, 3.63) is 96.1 Å². The van der Waals surface area contributed by atoms with Gasteiger partial charge >= 0.3 is 0 Å². The van der Waals surface area contributed by atoms with Gasteiger partial charge in [0.15, 0.2) is 5.78 Å². The van der Waals surface area contributed by atoms with Crippen LogP contribution in [-0.2, 0) is 0 Å². The van der Waals surface area contributed by atoms with Gasteiger partial charge in [-0.15, -0.1) is 0 Å². The highest BCUT2D eigenvalue weighted by molar-refractivity contribution is 6.20. The van der Waals surface area contributed by atoms with Gasteiger partial charge in [0.05, 0.1) is 0 Å². The van der Waals surface area contributed by atoms with Gasteiger partial charge in [-0.1, -0.05) is 61.4 Å². The summed E-state index contributed by atoms with van der Waals surface area (Å²) in [6.45, 7) is 3.91. The number of rotatable bonds is 7. The summed E-state index contributed by atoms with van der Waals surface area (Å²) in [5.74, 6) is 0.961. The maximum atomic E-state index is 13.8. The van der Waals surface area contributed by atoms with Gasteiger partial charge in [0.25, 0.3) is 0 Å². The third kappa shape index (κ3) is 5.39. The topological polar surface area (TPSA) is 49.8 Å². The second kappa shape index (κ2) is 10.7. The van der Waals surface area contributed by atoms with Gasteiger partial charge in [-0.2, -0.15) is 0 Å². The molecule has 1 saturated heterocycles. The van der Waals surface area contributed by atoms with Gasteiger partial charge in [-0.25, -0.2) is 0 Å². The van der Waals surface area contributed by atoms with Gasteiger partial charge < -0.3 is 9.84 Å². The van der Waals surface area contributed by atoms with Crippen LogP contribution in [0.2, 0.25) is 0 Å². The Morgan fingerprint density at radius 3 is 2.26 bits per heavy atom. The fraction of sp³-hybridized carbons (Fsp3) is 0.258. The smallest absolute Gasteiger partial charge is 0.194 e. The van der Waals surface area contributed by atoms with Crippen LogP contribution in [0.15, 0.2) is 84.9 Å². The number of benzene rings is 4. The summed E-state index contributed by atoms with van der Waals surface area (Å²) >= 11 is 0. The van der Waals surface area contributed by atoms with Crippen molar-refractivity contribution in [1.82, 2.24) is 4.90 Å². The molecular weight excluding hydrogens is 434 g/mol. The largest absolute Gasteiger partial charge is 0.508 e. The number of ketones is 1. The van der Waals surface area contributed by atoms with Crippen molar-refractivity contribution >= 4 is 16.6 Å². The average molecular weight is 466 g/mol. The molecule has 4 nitrogen and oxygen atoms in total. The summed E-state index contributed by atoms with van der Waals surface area (Å²) in [4.78, 5) is 16.3. The number of carbonyl (C=O) groups excluding carboxylic acids is 1. The molecule has 0 aromatic heterocycles. The first-order chi connectivity index (χ1) is 17.2. The van der Waals surface area contributed by atoms with E-state index in [1.165, 1.54) is 25.7 Å². The monoisotopic (exact) mass is 465 g/mol. The lowest BCUT2D eigenvalue weighted by atomic mass is 9.89. The molecule has 5 rings (SSSR count). The third-order valence-electron chi connectivity index (χ3n) is 6.83. The van der Waals surface area contributed by atoms with E-state index in [9.17, 15) is 9.90 Å². The molecule has 4 aromatic rings. The van der Waals surface area contributed by atoms with E-state index in [1.807, 2.05) is 72.8 Å². The van der Waals surface area contributed by atoms with Crippen molar-refractivity contribution in [2.24, 2.45) is 0 Å². The molecular formula is C31H31NO3. The van der Waals surface area contributed by atoms with E-state index in [1.54, 1.807) is 12.1 Å². The molecule has 178 valence electrons. The predicted molar refractivity (Wildman–Crippen MR) is 141 cm³/mol. The molecule has 1 aliphatic heterocycles. The first-order valence-electron chi connectivity index (χ1n) is 12.5. The van der Waals surface area contributed by atoms with E-state index in [4.69, 9.17) is 4.74 Å². The van der Waals surface area contributed by atoms with Crippen LogP contribution in [0.3, 0.4) is 0 Å². The molecule has 0 unspecified atom stereocenters. The Bertz CT molecular complexity index is 1290. The van der Waals surface area contributed by atoms with Crippen LogP contribution >= 0.6 is 0 Å². The number of hydrogen-bond donors (Lipinski definition) is 1. The van der Waals surface area contributed by atoms with Crippen molar-refractivity contribution < 1.29 is 14.6 Å². The normalized spacial score (nSPS) is 14.5. The second-order valence-electron chi connectivity index (χ2n) is 9.21. The molecule has 0 spiro atoms. The van der Waals surface area contributed by atoms with Gasteiger partial charge in [0.1, 0.15) is 18.1 Å². The number of carbonyl (C=O) groups is 1. The minimum absolute atomic E-state index is 0.0269. The summed E-state index contributed by atoms with van der Waals surface area (Å²) < 4.78 is 5.99. The molecule has 0 aliphatic carbocycles. The minimum atomic E-state index is -0.0269. The summed E-state index contributed by atoms with van der Waals surface area (Å²) in [6.07, 6.45) is 5.21. The van der Waals surface area contributed by atoms with E-state index < -0.39 is 0 Å². The van der Waals surface area contributed by atoms with E-state index in [0.717, 1.165) is 47.3 Å². The maximum Gasteiger partial charge on any atom is 0.194 e. The average Bonchev–Trinajstić information content (AvgIpc) is 3.17.